The summed E-state index contributed by atoms with van der Waals surface area (Å²) >= 11 is 0. The van der Waals surface area contributed by atoms with Crippen LogP contribution in [0.5, 0.6) is 0 Å². The van der Waals surface area contributed by atoms with Gasteiger partial charge >= 0.3 is 11.9 Å². The van der Waals surface area contributed by atoms with Crippen molar-refractivity contribution in [3.05, 3.63) is 11.6 Å². The van der Waals surface area contributed by atoms with Crippen LogP contribution in [-0.4, -0.2) is 22.2 Å². The molecule has 0 heterocycles. The first-order valence-corrected chi connectivity index (χ1v) is 7.57. The van der Waals surface area contributed by atoms with Gasteiger partial charge in [-0.2, -0.15) is 0 Å². The fourth-order valence-electron chi connectivity index (χ4n) is 2.08. The summed E-state index contributed by atoms with van der Waals surface area (Å²) in [5.74, 6) is -1.44. The highest BCUT2D eigenvalue weighted by atomic mass is 16.4. The van der Waals surface area contributed by atoms with Gasteiger partial charge in [-0.25, -0.2) is 4.79 Å². The molecule has 0 spiro atoms. The normalized spacial score (nSPS) is 11.8. The van der Waals surface area contributed by atoms with Gasteiger partial charge in [-0.05, 0) is 18.8 Å². The van der Waals surface area contributed by atoms with E-state index in [0.29, 0.717) is 6.42 Å². The maximum atomic E-state index is 10.8. The molecule has 0 aliphatic rings. The Morgan fingerprint density at radius 1 is 0.950 bits per heavy atom. The van der Waals surface area contributed by atoms with E-state index in [1.54, 1.807) is 6.08 Å². The molecule has 116 valence electrons. The molecule has 0 bridgehead atoms. The Kier molecular flexibility index (Phi) is 10.7. The van der Waals surface area contributed by atoms with Crippen LogP contribution in [-0.2, 0) is 9.59 Å². The molecular weight excluding hydrogens is 256 g/mol. The zero-order valence-electron chi connectivity index (χ0n) is 12.7. The first-order valence-electron chi connectivity index (χ1n) is 7.57. The number of hydrogen-bond donors (Lipinski definition) is 2. The first kappa shape index (κ1) is 18.7. The van der Waals surface area contributed by atoms with Crippen LogP contribution in [0.4, 0.5) is 0 Å². The second-order valence-electron chi connectivity index (χ2n) is 5.70. The summed E-state index contributed by atoms with van der Waals surface area (Å²) < 4.78 is 0. The molecule has 0 saturated heterocycles. The van der Waals surface area contributed by atoms with Crippen LogP contribution in [0.2, 0.25) is 0 Å². The van der Waals surface area contributed by atoms with Crippen LogP contribution in [0.25, 0.3) is 0 Å². The number of aliphatic carboxylic acids is 2. The smallest absolute Gasteiger partial charge is 0.331 e. The van der Waals surface area contributed by atoms with E-state index in [1.165, 1.54) is 32.1 Å². The van der Waals surface area contributed by atoms with Crippen LogP contribution in [0.3, 0.4) is 0 Å². The lowest BCUT2D eigenvalue weighted by Crippen LogP contribution is -2.06. The third-order valence-electron chi connectivity index (χ3n) is 3.24. The third-order valence-corrected chi connectivity index (χ3v) is 3.24. The van der Waals surface area contributed by atoms with Crippen molar-refractivity contribution in [2.24, 2.45) is 5.92 Å². The van der Waals surface area contributed by atoms with E-state index < -0.39 is 18.4 Å². The van der Waals surface area contributed by atoms with E-state index >= 15 is 0 Å². The summed E-state index contributed by atoms with van der Waals surface area (Å²) in [6.45, 7) is 4.48. The lowest BCUT2D eigenvalue weighted by atomic mass is 10.0. The monoisotopic (exact) mass is 284 g/mol. The Labute approximate surface area is 121 Å². The van der Waals surface area contributed by atoms with E-state index in [2.05, 4.69) is 13.8 Å². The molecule has 0 radical (unpaired) electrons. The number of unbranched alkanes of at least 4 members (excludes halogenated alkanes) is 6. The largest absolute Gasteiger partial charge is 0.481 e. The number of carbonyl (C=O) groups is 2. The van der Waals surface area contributed by atoms with Gasteiger partial charge in [0.2, 0.25) is 0 Å². The van der Waals surface area contributed by atoms with Gasteiger partial charge in [-0.1, -0.05) is 58.4 Å². The molecule has 20 heavy (non-hydrogen) atoms. The van der Waals surface area contributed by atoms with Gasteiger partial charge in [0.05, 0.1) is 6.42 Å². The Morgan fingerprint density at radius 2 is 1.50 bits per heavy atom. The highest BCUT2D eigenvalue weighted by Gasteiger charge is 2.10. The Balaban J connectivity index is 3.62. The van der Waals surface area contributed by atoms with Crippen molar-refractivity contribution < 1.29 is 19.8 Å². The van der Waals surface area contributed by atoms with Gasteiger partial charge in [-0.15, -0.1) is 0 Å². The van der Waals surface area contributed by atoms with Crippen molar-refractivity contribution in [2.75, 3.05) is 0 Å². The molecule has 0 fully saturated rings. The standard InChI is InChI=1S/C16H28O4/c1-13(2)10-8-6-4-3-5-7-9-11-14(16(19)20)12-15(17)18/h11,13H,3-10,12H2,1-2H3,(H,17,18)(H,19,20). The van der Waals surface area contributed by atoms with E-state index in [4.69, 9.17) is 10.2 Å². The molecule has 4 nitrogen and oxygen atoms in total. The highest BCUT2D eigenvalue weighted by molar-refractivity contribution is 5.91. The van der Waals surface area contributed by atoms with Crippen LogP contribution in [0, 0.1) is 5.92 Å². The molecule has 0 aliphatic heterocycles. The number of allylic oxidation sites excluding steroid dienone is 1. The molecule has 0 aromatic carbocycles. The predicted octanol–water partition coefficient (Wildman–Crippen LogP) is 4.25. The zero-order valence-corrected chi connectivity index (χ0v) is 12.7. The first-order chi connectivity index (χ1) is 9.43. The van der Waals surface area contributed by atoms with Crippen molar-refractivity contribution in [2.45, 2.75) is 71.6 Å². The van der Waals surface area contributed by atoms with E-state index in [1.807, 2.05) is 0 Å². The quantitative estimate of drug-likeness (QED) is 0.415. The lowest BCUT2D eigenvalue weighted by molar-refractivity contribution is -0.139. The number of hydrogen-bond acceptors (Lipinski definition) is 2. The molecule has 0 amide bonds. The van der Waals surface area contributed by atoms with Crippen molar-refractivity contribution >= 4 is 11.9 Å². The molecule has 0 aliphatic carbocycles. The van der Waals surface area contributed by atoms with Crippen molar-refractivity contribution in [1.82, 2.24) is 0 Å². The number of rotatable bonds is 12. The maximum absolute atomic E-state index is 10.8. The second kappa shape index (κ2) is 11.5. The molecule has 2 N–H and O–H groups in total. The molecule has 0 aromatic rings. The van der Waals surface area contributed by atoms with Gasteiger partial charge in [0, 0.05) is 5.57 Å². The maximum Gasteiger partial charge on any atom is 0.331 e. The van der Waals surface area contributed by atoms with E-state index in [9.17, 15) is 9.59 Å². The van der Waals surface area contributed by atoms with E-state index in [-0.39, 0.29) is 5.57 Å². The van der Waals surface area contributed by atoms with Crippen LogP contribution >= 0.6 is 0 Å². The minimum Gasteiger partial charge on any atom is -0.481 e. The third kappa shape index (κ3) is 11.8. The summed E-state index contributed by atoms with van der Waals surface area (Å²) in [5.41, 5.74) is -0.00515. The summed E-state index contributed by atoms with van der Waals surface area (Å²) in [6, 6.07) is 0. The van der Waals surface area contributed by atoms with Crippen molar-refractivity contribution in [1.29, 1.82) is 0 Å². The van der Waals surface area contributed by atoms with Gasteiger partial charge in [0.15, 0.2) is 0 Å². The number of carboxylic acid groups (broad SMARTS) is 2. The molecule has 0 atom stereocenters. The summed E-state index contributed by atoms with van der Waals surface area (Å²) in [7, 11) is 0. The van der Waals surface area contributed by atoms with Gasteiger partial charge in [0.25, 0.3) is 0 Å². The SMILES string of the molecule is CC(C)CCCCCCCCC=C(CC(=O)O)C(=O)O. The Bertz CT molecular complexity index is 318. The molecule has 0 saturated carbocycles. The minimum atomic E-state index is -1.12. The molecule has 4 heteroatoms. The average Bonchev–Trinajstić information content (AvgIpc) is 2.34. The number of carboxylic acids is 2. The van der Waals surface area contributed by atoms with Crippen molar-refractivity contribution in [3.63, 3.8) is 0 Å². The topological polar surface area (TPSA) is 74.6 Å². The van der Waals surface area contributed by atoms with Gasteiger partial charge in [-0.3, -0.25) is 4.79 Å². The fourth-order valence-corrected chi connectivity index (χ4v) is 2.08. The summed E-state index contributed by atoms with van der Waals surface area (Å²) in [4.78, 5) is 21.3. The highest BCUT2D eigenvalue weighted by Crippen LogP contribution is 2.13. The van der Waals surface area contributed by atoms with Gasteiger partial charge in [0.1, 0.15) is 0 Å². The second-order valence-corrected chi connectivity index (χ2v) is 5.70. The fraction of sp³-hybridized carbons (Fsp3) is 0.750. The van der Waals surface area contributed by atoms with Crippen molar-refractivity contribution in [3.8, 4) is 0 Å². The van der Waals surface area contributed by atoms with E-state index in [0.717, 1.165) is 18.8 Å². The molecular formula is C16H28O4. The van der Waals surface area contributed by atoms with Gasteiger partial charge < -0.3 is 10.2 Å². The average molecular weight is 284 g/mol. The lowest BCUT2D eigenvalue weighted by Gasteiger charge is -2.04. The molecule has 0 aromatic heterocycles. The van der Waals surface area contributed by atoms with Crippen LogP contribution in [0.15, 0.2) is 11.6 Å². The predicted molar refractivity (Wildman–Crippen MR) is 79.7 cm³/mol. The summed E-state index contributed by atoms with van der Waals surface area (Å²) in [6.07, 6.45) is 10.1. The molecule has 0 unspecified atom stereocenters. The minimum absolute atomic E-state index is 0.00515. The summed E-state index contributed by atoms with van der Waals surface area (Å²) in [5, 5.41) is 17.4. The van der Waals surface area contributed by atoms with Crippen LogP contribution < -0.4 is 0 Å². The molecule has 0 rings (SSSR count). The van der Waals surface area contributed by atoms with Crippen LogP contribution in [0.1, 0.15) is 71.6 Å². The zero-order chi connectivity index (χ0) is 15.4. The Hall–Kier alpha value is -1.32. The Morgan fingerprint density at radius 3 is 2.00 bits per heavy atom.